The van der Waals surface area contributed by atoms with Crippen molar-refractivity contribution < 1.29 is 37.3 Å². The molecule has 0 aliphatic carbocycles. The third-order valence-electron chi connectivity index (χ3n) is 6.17. The van der Waals surface area contributed by atoms with Crippen LogP contribution in [-0.4, -0.2) is 82.9 Å². The number of anilines is 2. The minimum absolute atomic E-state index is 0.0742. The summed E-state index contributed by atoms with van der Waals surface area (Å²) in [7, 11) is 3.96. The number of fused-ring (bicyclic) bond motifs is 1. The van der Waals surface area contributed by atoms with Gasteiger partial charge in [-0.3, -0.25) is 0 Å². The van der Waals surface area contributed by atoms with Crippen LogP contribution in [0.5, 0.6) is 17.4 Å². The van der Waals surface area contributed by atoms with E-state index in [1.807, 2.05) is 20.3 Å². The Labute approximate surface area is 245 Å². The second-order valence-corrected chi connectivity index (χ2v) is 9.50. The number of hydrogen-bond acceptors (Lipinski definition) is 10. The quantitative estimate of drug-likeness (QED) is 0.137. The van der Waals surface area contributed by atoms with Crippen LogP contribution in [0, 0.1) is 0 Å². The second-order valence-electron chi connectivity index (χ2n) is 9.50. The first kappa shape index (κ1) is 31.3. The van der Waals surface area contributed by atoms with E-state index >= 15 is 0 Å². The maximum atomic E-state index is 12.9. The van der Waals surface area contributed by atoms with Gasteiger partial charge in [0, 0.05) is 36.8 Å². The van der Waals surface area contributed by atoms with E-state index in [-0.39, 0.29) is 30.6 Å². The number of aromatic amines is 1. The number of alkyl halides is 3. The second kappa shape index (κ2) is 14.5. The molecule has 4 rings (SSSR count). The summed E-state index contributed by atoms with van der Waals surface area (Å²) in [5.74, 6) is -0.495. The number of nitrogens with zero attached hydrogens (tertiary/aromatic N) is 4. The fourth-order valence-electron chi connectivity index (χ4n) is 4.20. The van der Waals surface area contributed by atoms with Gasteiger partial charge in [0.05, 0.1) is 10.9 Å². The fraction of sp³-hybridized carbons (Fsp3) is 0.357. The number of carboxylic acid groups (broad SMARTS) is 1. The first-order valence-corrected chi connectivity index (χ1v) is 13.3. The van der Waals surface area contributed by atoms with E-state index in [1.54, 1.807) is 18.2 Å². The largest absolute Gasteiger partial charge is 0.486 e. The van der Waals surface area contributed by atoms with Gasteiger partial charge in [-0.15, -0.1) is 0 Å². The lowest BCUT2D eigenvalue weighted by atomic mass is 10.2. The predicted molar refractivity (Wildman–Crippen MR) is 152 cm³/mol. The Kier molecular flexibility index (Phi) is 10.6. The van der Waals surface area contributed by atoms with Crippen LogP contribution in [0.15, 0.2) is 49.1 Å². The van der Waals surface area contributed by atoms with Gasteiger partial charge < -0.3 is 39.8 Å². The molecule has 0 spiro atoms. The van der Waals surface area contributed by atoms with Crippen LogP contribution in [-0.2, 0) is 17.5 Å². The molecule has 0 radical (unpaired) electrons. The van der Waals surface area contributed by atoms with Gasteiger partial charge >= 0.3 is 12.1 Å². The minimum atomic E-state index is -4.52. The van der Waals surface area contributed by atoms with Crippen LogP contribution in [0.1, 0.15) is 17.5 Å². The van der Waals surface area contributed by atoms with Gasteiger partial charge in [0.2, 0.25) is 5.88 Å². The number of ether oxygens (including phenoxy) is 3. The number of rotatable bonds is 16. The molecule has 3 heterocycles. The molecular formula is C28H32F3N7O5. The highest BCUT2D eigenvalue weighted by molar-refractivity contribution is 5.92. The maximum Gasteiger partial charge on any atom is 0.416 e. The molecule has 0 atom stereocenters. The van der Waals surface area contributed by atoms with Crippen molar-refractivity contribution in [1.29, 1.82) is 0 Å². The summed E-state index contributed by atoms with van der Waals surface area (Å²) in [5, 5.41) is 16.3. The number of halogens is 3. The summed E-state index contributed by atoms with van der Waals surface area (Å²) >= 11 is 0. The summed E-state index contributed by atoms with van der Waals surface area (Å²) in [5.41, 5.74) is 1.33. The molecule has 12 nitrogen and oxygen atoms in total. The zero-order chi connectivity index (χ0) is 30.8. The third-order valence-corrected chi connectivity index (χ3v) is 6.17. The van der Waals surface area contributed by atoms with Crippen LogP contribution in [0.25, 0.3) is 11.0 Å². The maximum absolute atomic E-state index is 12.9. The van der Waals surface area contributed by atoms with Gasteiger partial charge in [0.15, 0.2) is 18.1 Å². The Bertz CT molecular complexity index is 1520. The van der Waals surface area contributed by atoms with Crippen molar-refractivity contribution in [1.82, 2.24) is 30.2 Å². The lowest BCUT2D eigenvalue weighted by Crippen LogP contribution is -2.22. The summed E-state index contributed by atoms with van der Waals surface area (Å²) in [6, 6.07) is 6.48. The molecule has 15 heteroatoms. The van der Waals surface area contributed by atoms with E-state index in [9.17, 15) is 18.0 Å². The molecule has 3 aromatic heterocycles. The molecule has 0 fully saturated rings. The molecule has 43 heavy (non-hydrogen) atoms. The number of aliphatic carboxylic acids is 1. The zero-order valence-electron chi connectivity index (χ0n) is 23.6. The standard InChI is InChI=1S/C28H32F3N7O5/c1-32-7-3-9-38(2)15-18-14-34-26-25(18)27(36-17-35-26)37-20-4-5-21(22(13-20)43-16-24(39)40)41-10-11-42-23-12-19(6-8-33-23)28(29,30)31/h4-6,8,12-14,17,32H,3,7,9-11,15-16H2,1-2H3,(H,39,40)(H2,34,35,36,37). The Morgan fingerprint density at radius 3 is 2.65 bits per heavy atom. The fourth-order valence-corrected chi connectivity index (χ4v) is 4.20. The number of H-pyrrole nitrogens is 1. The lowest BCUT2D eigenvalue weighted by Gasteiger charge is -2.17. The number of nitrogens with one attached hydrogen (secondary N) is 3. The topological polar surface area (TPSA) is 147 Å². The highest BCUT2D eigenvalue weighted by Gasteiger charge is 2.31. The SMILES string of the molecule is CNCCCN(C)Cc1c[nH]c2ncnc(Nc3ccc(OCCOc4cc(C(F)(F)F)ccn4)c(OCC(=O)O)c3)c12. The summed E-state index contributed by atoms with van der Waals surface area (Å²) in [6.45, 7) is 1.67. The number of hydrogen-bond donors (Lipinski definition) is 4. The van der Waals surface area contributed by atoms with Gasteiger partial charge in [-0.25, -0.2) is 19.7 Å². The van der Waals surface area contributed by atoms with E-state index in [2.05, 4.69) is 35.5 Å². The molecule has 4 aromatic rings. The molecule has 1 aromatic carbocycles. The first-order chi connectivity index (χ1) is 20.6. The van der Waals surface area contributed by atoms with E-state index in [4.69, 9.17) is 19.3 Å². The van der Waals surface area contributed by atoms with Crippen molar-refractivity contribution in [2.75, 3.05) is 52.3 Å². The number of pyridine rings is 1. The summed E-state index contributed by atoms with van der Waals surface area (Å²) in [6.07, 6.45) is 0.813. The molecule has 0 saturated heterocycles. The molecule has 0 bridgehead atoms. The van der Waals surface area contributed by atoms with Crippen LogP contribution in [0.2, 0.25) is 0 Å². The molecule has 0 unspecified atom stereocenters. The van der Waals surface area contributed by atoms with Crippen molar-refractivity contribution in [3.05, 3.63) is 60.2 Å². The zero-order valence-corrected chi connectivity index (χ0v) is 23.6. The van der Waals surface area contributed by atoms with Crippen LogP contribution >= 0.6 is 0 Å². The van der Waals surface area contributed by atoms with Crippen LogP contribution in [0.3, 0.4) is 0 Å². The van der Waals surface area contributed by atoms with E-state index in [0.29, 0.717) is 23.7 Å². The molecule has 0 aliphatic rings. The van der Waals surface area contributed by atoms with E-state index in [1.165, 1.54) is 6.33 Å². The first-order valence-electron chi connectivity index (χ1n) is 13.3. The van der Waals surface area contributed by atoms with Gasteiger partial charge in [0.25, 0.3) is 0 Å². The molecule has 230 valence electrons. The van der Waals surface area contributed by atoms with Crippen molar-refractivity contribution in [2.45, 2.75) is 19.1 Å². The Hall–Kier alpha value is -4.63. The van der Waals surface area contributed by atoms with Gasteiger partial charge in [-0.05, 0) is 57.4 Å². The lowest BCUT2D eigenvalue weighted by molar-refractivity contribution is -0.139. The average Bonchev–Trinajstić information content (AvgIpc) is 3.38. The predicted octanol–water partition coefficient (Wildman–Crippen LogP) is 4.08. The number of carboxylic acids is 1. The van der Waals surface area contributed by atoms with Crippen LogP contribution in [0.4, 0.5) is 24.7 Å². The Balaban J connectivity index is 1.46. The van der Waals surface area contributed by atoms with Crippen LogP contribution < -0.4 is 24.8 Å². The Morgan fingerprint density at radius 1 is 1.07 bits per heavy atom. The minimum Gasteiger partial charge on any atom is -0.486 e. The number of benzene rings is 1. The average molecular weight is 604 g/mol. The molecule has 4 N–H and O–H groups in total. The summed E-state index contributed by atoms with van der Waals surface area (Å²) < 4.78 is 55.2. The number of carbonyl (C=O) groups is 1. The van der Waals surface area contributed by atoms with Gasteiger partial charge in [0.1, 0.15) is 31.0 Å². The van der Waals surface area contributed by atoms with Crippen molar-refractivity contribution in [3.63, 3.8) is 0 Å². The highest BCUT2D eigenvalue weighted by atomic mass is 19.4. The Morgan fingerprint density at radius 2 is 1.88 bits per heavy atom. The molecule has 0 amide bonds. The van der Waals surface area contributed by atoms with Crippen molar-refractivity contribution in [3.8, 4) is 17.4 Å². The van der Waals surface area contributed by atoms with Crippen molar-refractivity contribution in [2.24, 2.45) is 0 Å². The molecule has 0 saturated carbocycles. The number of aromatic nitrogens is 4. The van der Waals surface area contributed by atoms with E-state index in [0.717, 1.165) is 48.8 Å². The van der Waals surface area contributed by atoms with Gasteiger partial charge in [-0.2, -0.15) is 13.2 Å². The molecule has 0 aliphatic heterocycles. The summed E-state index contributed by atoms with van der Waals surface area (Å²) in [4.78, 5) is 29.1. The van der Waals surface area contributed by atoms with E-state index < -0.39 is 24.3 Å². The van der Waals surface area contributed by atoms with Crippen molar-refractivity contribution >= 4 is 28.5 Å². The monoisotopic (exact) mass is 603 g/mol. The smallest absolute Gasteiger partial charge is 0.416 e. The normalized spacial score (nSPS) is 11.6. The highest BCUT2D eigenvalue weighted by Crippen LogP contribution is 2.34. The molecular weight excluding hydrogens is 571 g/mol. The third kappa shape index (κ3) is 8.93. The van der Waals surface area contributed by atoms with Gasteiger partial charge in [-0.1, -0.05) is 0 Å².